The SMILES string of the molecule is CC(CC(=O)CC(C)[C@H]1C[C@H](O)[C@@]2(C)C3=C(C(=O)C[C@]12C)[C@@]1(C)CC[C@H](O)C(C)(C)C1CC3)C(=O)O. The van der Waals surface area contributed by atoms with Crippen molar-refractivity contribution in [2.45, 2.75) is 112 Å². The molecule has 3 unspecified atom stereocenters. The van der Waals surface area contributed by atoms with Gasteiger partial charge in [0, 0.05) is 30.3 Å². The highest BCUT2D eigenvalue weighted by Crippen LogP contribution is 2.71. The van der Waals surface area contributed by atoms with E-state index in [1.54, 1.807) is 6.92 Å². The number of carboxylic acid groups (broad SMARTS) is 1. The molecular weight excluding hydrogens is 456 g/mol. The number of aliphatic hydroxyl groups is 2. The van der Waals surface area contributed by atoms with Gasteiger partial charge in [0.15, 0.2) is 5.78 Å². The molecule has 0 saturated heterocycles. The van der Waals surface area contributed by atoms with E-state index in [1.807, 2.05) is 6.92 Å². The predicted molar refractivity (Wildman–Crippen MR) is 137 cm³/mol. The van der Waals surface area contributed by atoms with Crippen LogP contribution in [0.3, 0.4) is 0 Å². The van der Waals surface area contributed by atoms with Gasteiger partial charge in [0.2, 0.25) is 0 Å². The minimum atomic E-state index is -0.966. The summed E-state index contributed by atoms with van der Waals surface area (Å²) in [5, 5.41) is 31.6. The number of aliphatic carboxylic acids is 1. The fourth-order valence-electron chi connectivity index (χ4n) is 9.45. The van der Waals surface area contributed by atoms with E-state index in [-0.39, 0.29) is 59.1 Å². The van der Waals surface area contributed by atoms with Crippen LogP contribution in [0.1, 0.15) is 99.8 Å². The number of fused-ring (bicyclic) bond motifs is 4. The molecule has 4 aliphatic rings. The van der Waals surface area contributed by atoms with Crippen LogP contribution in [0.2, 0.25) is 0 Å². The maximum atomic E-state index is 14.1. The van der Waals surface area contributed by atoms with E-state index < -0.39 is 28.8 Å². The predicted octanol–water partition coefficient (Wildman–Crippen LogP) is 4.95. The third kappa shape index (κ3) is 3.68. The highest BCUT2D eigenvalue weighted by atomic mass is 16.4. The molecule has 0 spiro atoms. The number of hydrogen-bond acceptors (Lipinski definition) is 5. The summed E-state index contributed by atoms with van der Waals surface area (Å²) in [6.45, 7) is 14.3. The topological polar surface area (TPSA) is 112 Å². The van der Waals surface area contributed by atoms with E-state index >= 15 is 0 Å². The van der Waals surface area contributed by atoms with Crippen molar-refractivity contribution in [1.82, 2.24) is 0 Å². The number of Topliss-reactive ketones (excluding diaryl/α,β-unsaturated/α-hetero) is 2. The van der Waals surface area contributed by atoms with Gasteiger partial charge in [0.05, 0.1) is 18.1 Å². The second-order valence-electron chi connectivity index (χ2n) is 14.0. The second-order valence-corrected chi connectivity index (χ2v) is 14.0. The van der Waals surface area contributed by atoms with Gasteiger partial charge in [-0.05, 0) is 66.1 Å². The van der Waals surface area contributed by atoms with Gasteiger partial charge in [-0.2, -0.15) is 0 Å². The van der Waals surface area contributed by atoms with Gasteiger partial charge >= 0.3 is 5.97 Å². The highest BCUT2D eigenvalue weighted by Gasteiger charge is 2.68. The smallest absolute Gasteiger partial charge is 0.306 e. The Morgan fingerprint density at radius 2 is 1.64 bits per heavy atom. The van der Waals surface area contributed by atoms with Crippen LogP contribution in [-0.4, -0.2) is 45.1 Å². The minimum Gasteiger partial charge on any atom is -0.481 e. The molecule has 2 saturated carbocycles. The van der Waals surface area contributed by atoms with E-state index in [0.717, 1.165) is 30.4 Å². The lowest BCUT2D eigenvalue weighted by Gasteiger charge is -2.61. The zero-order chi connectivity index (χ0) is 27.0. The summed E-state index contributed by atoms with van der Waals surface area (Å²) in [5.41, 5.74) is 0.474. The molecule has 3 N–H and O–H groups in total. The zero-order valence-corrected chi connectivity index (χ0v) is 23.2. The first kappa shape index (κ1) is 27.5. The van der Waals surface area contributed by atoms with E-state index in [0.29, 0.717) is 19.3 Å². The zero-order valence-electron chi connectivity index (χ0n) is 23.2. The number of carbonyl (C=O) groups is 3. The molecule has 0 bridgehead atoms. The average molecular weight is 503 g/mol. The van der Waals surface area contributed by atoms with Crippen LogP contribution in [0.5, 0.6) is 0 Å². The molecule has 4 rings (SSSR count). The number of hydrogen-bond donors (Lipinski definition) is 3. The average Bonchev–Trinajstić information content (AvgIpc) is 2.97. The number of carbonyl (C=O) groups excluding carboxylic acids is 2. The van der Waals surface area contributed by atoms with Crippen LogP contribution in [0.25, 0.3) is 0 Å². The third-order valence-electron chi connectivity index (χ3n) is 11.8. The Morgan fingerprint density at radius 1 is 1.00 bits per heavy atom. The van der Waals surface area contributed by atoms with E-state index in [1.165, 1.54) is 0 Å². The highest BCUT2D eigenvalue weighted by molar-refractivity contribution is 6.00. The molecule has 6 heteroatoms. The van der Waals surface area contributed by atoms with Gasteiger partial charge in [-0.15, -0.1) is 0 Å². The normalized spacial score (nSPS) is 43.3. The first-order valence-corrected chi connectivity index (χ1v) is 13.9. The quantitative estimate of drug-likeness (QED) is 0.474. The molecule has 0 aromatic carbocycles. The monoisotopic (exact) mass is 502 g/mol. The molecular formula is C30H46O6. The Morgan fingerprint density at radius 3 is 2.25 bits per heavy atom. The summed E-state index contributed by atoms with van der Waals surface area (Å²) >= 11 is 0. The summed E-state index contributed by atoms with van der Waals surface area (Å²) in [6.07, 6.45) is 3.34. The largest absolute Gasteiger partial charge is 0.481 e. The Hall–Kier alpha value is -1.53. The molecule has 0 aromatic rings. The van der Waals surface area contributed by atoms with Crippen LogP contribution < -0.4 is 0 Å². The molecule has 0 radical (unpaired) electrons. The number of allylic oxidation sites excluding steroid dienone is 1. The van der Waals surface area contributed by atoms with Gasteiger partial charge < -0.3 is 15.3 Å². The Balaban J connectivity index is 1.69. The molecule has 6 nitrogen and oxygen atoms in total. The van der Waals surface area contributed by atoms with E-state index in [9.17, 15) is 29.7 Å². The Kier molecular flexibility index (Phi) is 6.69. The molecule has 0 aromatic heterocycles. The maximum absolute atomic E-state index is 14.1. The van der Waals surface area contributed by atoms with Gasteiger partial charge in [0.1, 0.15) is 5.78 Å². The number of aliphatic hydroxyl groups excluding tert-OH is 2. The van der Waals surface area contributed by atoms with Crippen molar-refractivity contribution in [3.05, 3.63) is 11.1 Å². The molecule has 2 fully saturated rings. The third-order valence-corrected chi connectivity index (χ3v) is 11.8. The van der Waals surface area contributed by atoms with E-state index in [2.05, 4.69) is 34.6 Å². The molecule has 0 aliphatic heterocycles. The number of carboxylic acids is 1. The van der Waals surface area contributed by atoms with Crippen LogP contribution in [-0.2, 0) is 14.4 Å². The van der Waals surface area contributed by atoms with Gasteiger partial charge in [-0.3, -0.25) is 14.4 Å². The van der Waals surface area contributed by atoms with Crippen LogP contribution >= 0.6 is 0 Å². The number of rotatable bonds is 6. The first-order valence-electron chi connectivity index (χ1n) is 13.9. The van der Waals surface area contributed by atoms with Crippen molar-refractivity contribution >= 4 is 17.5 Å². The Bertz CT molecular complexity index is 995. The lowest BCUT2D eigenvalue weighted by atomic mass is 9.43. The van der Waals surface area contributed by atoms with Gasteiger partial charge in [-0.1, -0.05) is 54.0 Å². The van der Waals surface area contributed by atoms with Crippen molar-refractivity contribution in [1.29, 1.82) is 0 Å². The van der Waals surface area contributed by atoms with Crippen LogP contribution in [0.15, 0.2) is 11.1 Å². The van der Waals surface area contributed by atoms with Gasteiger partial charge in [-0.25, -0.2) is 0 Å². The molecule has 36 heavy (non-hydrogen) atoms. The fraction of sp³-hybridized carbons (Fsp3) is 0.833. The number of ketones is 2. The molecule has 202 valence electrons. The molecule has 0 amide bonds. The van der Waals surface area contributed by atoms with Crippen LogP contribution in [0.4, 0.5) is 0 Å². The summed E-state index contributed by atoms with van der Waals surface area (Å²) in [5.74, 6) is -1.40. The van der Waals surface area contributed by atoms with Crippen molar-refractivity contribution in [2.75, 3.05) is 0 Å². The van der Waals surface area contributed by atoms with E-state index in [4.69, 9.17) is 0 Å². The van der Waals surface area contributed by atoms with Crippen molar-refractivity contribution in [2.24, 2.45) is 45.3 Å². The van der Waals surface area contributed by atoms with Crippen molar-refractivity contribution in [3.8, 4) is 0 Å². The lowest BCUT2D eigenvalue weighted by Crippen LogP contribution is -2.58. The van der Waals surface area contributed by atoms with Crippen molar-refractivity contribution < 1.29 is 29.7 Å². The second kappa shape index (κ2) is 8.76. The summed E-state index contributed by atoms with van der Waals surface area (Å²) in [7, 11) is 0. The molecule has 0 heterocycles. The van der Waals surface area contributed by atoms with Crippen molar-refractivity contribution in [3.63, 3.8) is 0 Å². The lowest BCUT2D eigenvalue weighted by molar-refractivity contribution is -0.143. The fourth-order valence-corrected chi connectivity index (χ4v) is 9.45. The molecule has 9 atom stereocenters. The molecule has 4 aliphatic carbocycles. The summed E-state index contributed by atoms with van der Waals surface area (Å²) in [6, 6.07) is 0. The minimum absolute atomic E-state index is 0.00488. The standard InChI is InChI=1S/C30H46O6/c1-16(12-18(31)13-17(2)26(35)36)20-14-24(34)30(7)19-8-9-22-27(3,4)23(33)10-11-28(22,5)25(19)21(32)15-29(20,30)6/h16-17,20,22-24,33-34H,8-15H2,1-7H3,(H,35,36)/t16?,17?,20-,22?,23+,24+,28+,29-,30-/m1/s1. The maximum Gasteiger partial charge on any atom is 0.306 e. The van der Waals surface area contributed by atoms with Gasteiger partial charge in [0.25, 0.3) is 0 Å². The summed E-state index contributed by atoms with van der Waals surface area (Å²) in [4.78, 5) is 38.0. The summed E-state index contributed by atoms with van der Waals surface area (Å²) < 4.78 is 0. The Labute approximate surface area is 215 Å². The van der Waals surface area contributed by atoms with Crippen LogP contribution in [0, 0.1) is 45.3 Å². The first-order chi connectivity index (χ1) is 16.5.